The van der Waals surface area contributed by atoms with Gasteiger partial charge in [0.1, 0.15) is 16.9 Å². The van der Waals surface area contributed by atoms with Gasteiger partial charge in [0.15, 0.2) is 17.5 Å². The largest absolute Gasteiger partial charge is 0.236 e. The first kappa shape index (κ1) is 27.2. The van der Waals surface area contributed by atoms with E-state index in [-0.39, 0.29) is 0 Å². The van der Waals surface area contributed by atoms with Crippen molar-refractivity contribution >= 4 is 42.5 Å². The van der Waals surface area contributed by atoms with Gasteiger partial charge in [0.25, 0.3) is 0 Å². The van der Waals surface area contributed by atoms with Gasteiger partial charge in [-0.15, -0.1) is 11.3 Å². The van der Waals surface area contributed by atoms with Crippen molar-refractivity contribution in [3.05, 3.63) is 146 Å². The number of thiophene rings is 1. The van der Waals surface area contributed by atoms with Crippen molar-refractivity contribution in [3.8, 4) is 56.7 Å². The van der Waals surface area contributed by atoms with Crippen LogP contribution in [0.1, 0.15) is 0 Å². The van der Waals surface area contributed by atoms with Crippen molar-refractivity contribution in [1.82, 2.24) is 29.9 Å². The van der Waals surface area contributed by atoms with Crippen LogP contribution in [0.3, 0.4) is 0 Å². The van der Waals surface area contributed by atoms with Crippen LogP contribution < -0.4 is 0 Å². The first-order valence-electron chi connectivity index (χ1n) is 15.3. The molecule has 0 saturated carbocycles. The van der Waals surface area contributed by atoms with E-state index in [9.17, 15) is 0 Å². The number of pyridine rings is 1. The lowest BCUT2D eigenvalue weighted by Crippen LogP contribution is -2.00. The summed E-state index contributed by atoms with van der Waals surface area (Å²) in [5, 5.41) is 3.33. The molecule has 0 saturated heterocycles. The molecular weight excluding hydrogens is 597 g/mol. The third kappa shape index (κ3) is 4.90. The number of hydrogen-bond acceptors (Lipinski definition) is 7. The van der Waals surface area contributed by atoms with E-state index < -0.39 is 0 Å². The van der Waals surface area contributed by atoms with Crippen LogP contribution in [0.4, 0.5) is 0 Å². The molecule has 220 valence electrons. The summed E-state index contributed by atoms with van der Waals surface area (Å²) in [5.41, 5.74) is 7.25. The van der Waals surface area contributed by atoms with E-state index in [4.69, 9.17) is 24.9 Å². The number of hydrogen-bond donors (Lipinski definition) is 0. The van der Waals surface area contributed by atoms with Crippen molar-refractivity contribution in [3.63, 3.8) is 0 Å². The molecule has 4 aromatic heterocycles. The Morgan fingerprint density at radius 1 is 0.447 bits per heavy atom. The van der Waals surface area contributed by atoms with Crippen LogP contribution in [-0.2, 0) is 0 Å². The lowest BCUT2D eigenvalue weighted by atomic mass is 9.96. The summed E-state index contributed by atoms with van der Waals surface area (Å²) in [7, 11) is 0. The molecule has 0 atom stereocenters. The molecule has 47 heavy (non-hydrogen) atoms. The summed E-state index contributed by atoms with van der Waals surface area (Å²) in [6.45, 7) is 0. The third-order valence-electron chi connectivity index (χ3n) is 8.28. The second-order valence-corrected chi connectivity index (χ2v) is 12.2. The van der Waals surface area contributed by atoms with Crippen molar-refractivity contribution in [2.75, 3.05) is 0 Å². The first-order chi connectivity index (χ1) is 23.3. The highest BCUT2D eigenvalue weighted by Crippen LogP contribution is 2.38. The van der Waals surface area contributed by atoms with Crippen molar-refractivity contribution in [1.29, 1.82) is 0 Å². The number of nitrogens with zero attached hydrogens (tertiary/aromatic N) is 6. The van der Waals surface area contributed by atoms with E-state index in [0.29, 0.717) is 17.5 Å². The molecule has 5 aromatic carbocycles. The van der Waals surface area contributed by atoms with Crippen LogP contribution in [-0.4, -0.2) is 29.9 Å². The quantitative estimate of drug-likeness (QED) is 0.191. The number of rotatable bonds is 5. The fraction of sp³-hybridized carbons (Fsp3) is 0. The van der Waals surface area contributed by atoms with Gasteiger partial charge in [-0.05, 0) is 41.5 Å². The fourth-order valence-corrected chi connectivity index (χ4v) is 7.12. The topological polar surface area (TPSA) is 77.3 Å². The van der Waals surface area contributed by atoms with Crippen LogP contribution in [0.15, 0.2) is 146 Å². The predicted molar refractivity (Wildman–Crippen MR) is 191 cm³/mol. The average Bonchev–Trinajstić information content (AvgIpc) is 3.53. The van der Waals surface area contributed by atoms with Gasteiger partial charge in [0, 0.05) is 37.5 Å². The van der Waals surface area contributed by atoms with Gasteiger partial charge in [-0.2, -0.15) is 0 Å². The van der Waals surface area contributed by atoms with E-state index >= 15 is 0 Å². The molecule has 0 fully saturated rings. The number of benzene rings is 5. The summed E-state index contributed by atoms with van der Waals surface area (Å²) >= 11 is 1.70. The summed E-state index contributed by atoms with van der Waals surface area (Å²) in [5.74, 6) is 1.86. The summed E-state index contributed by atoms with van der Waals surface area (Å²) in [6.07, 6.45) is 1.62. The molecule has 4 heterocycles. The van der Waals surface area contributed by atoms with Gasteiger partial charge in [-0.3, -0.25) is 0 Å². The van der Waals surface area contributed by atoms with Gasteiger partial charge < -0.3 is 0 Å². The molecule has 9 rings (SSSR count). The maximum atomic E-state index is 5.11. The molecule has 0 spiro atoms. The van der Waals surface area contributed by atoms with Gasteiger partial charge in [-0.1, -0.05) is 109 Å². The van der Waals surface area contributed by atoms with Gasteiger partial charge in [-0.25, -0.2) is 29.9 Å². The van der Waals surface area contributed by atoms with E-state index in [1.807, 2.05) is 84.9 Å². The lowest BCUT2D eigenvalue weighted by Gasteiger charge is -2.12. The minimum Gasteiger partial charge on any atom is -0.236 e. The zero-order valence-electron chi connectivity index (χ0n) is 24.9. The molecule has 7 heteroatoms. The average molecular weight is 621 g/mol. The van der Waals surface area contributed by atoms with Crippen molar-refractivity contribution < 1.29 is 0 Å². The van der Waals surface area contributed by atoms with E-state index in [0.717, 1.165) is 60.3 Å². The third-order valence-corrected chi connectivity index (χ3v) is 9.36. The molecule has 6 nitrogen and oxygen atoms in total. The van der Waals surface area contributed by atoms with E-state index in [1.165, 1.54) is 10.1 Å². The highest BCUT2D eigenvalue weighted by atomic mass is 32.1. The van der Waals surface area contributed by atoms with Crippen LogP contribution in [0.5, 0.6) is 0 Å². The molecular formula is C40H24N6S. The molecule has 0 amide bonds. The molecule has 0 bridgehead atoms. The Labute approximate surface area is 274 Å². The standard InChI is InChI=1S/C40H24N6S/c1-3-11-25(12-4-1)37-44-38(26-13-5-2-6-14-26)46-39(45-37)28-16-9-15-27(23-28)29-18-10-19-32-35(29)36(42-24-41-32)33-22-21-31-30-17-7-8-20-34(30)47-40(31)43-33/h1-24H. The van der Waals surface area contributed by atoms with E-state index in [1.54, 1.807) is 17.7 Å². The summed E-state index contributed by atoms with van der Waals surface area (Å²) < 4.78 is 1.22. The van der Waals surface area contributed by atoms with Crippen LogP contribution in [0.2, 0.25) is 0 Å². The van der Waals surface area contributed by atoms with Gasteiger partial charge >= 0.3 is 0 Å². The summed E-state index contributed by atoms with van der Waals surface area (Å²) in [4.78, 5) is 30.3. The van der Waals surface area contributed by atoms with E-state index in [2.05, 4.69) is 59.6 Å². The van der Waals surface area contributed by atoms with Gasteiger partial charge in [0.2, 0.25) is 0 Å². The second-order valence-electron chi connectivity index (χ2n) is 11.2. The maximum absolute atomic E-state index is 5.11. The second kappa shape index (κ2) is 11.3. The molecule has 0 aliphatic heterocycles. The zero-order valence-corrected chi connectivity index (χ0v) is 25.8. The monoisotopic (exact) mass is 620 g/mol. The molecule has 0 radical (unpaired) electrons. The Hall–Kier alpha value is -6.18. The minimum atomic E-state index is 0.605. The number of fused-ring (bicyclic) bond motifs is 4. The highest BCUT2D eigenvalue weighted by molar-refractivity contribution is 7.25. The molecule has 0 N–H and O–H groups in total. The predicted octanol–water partition coefficient (Wildman–Crippen LogP) is 9.91. The van der Waals surface area contributed by atoms with Crippen molar-refractivity contribution in [2.24, 2.45) is 0 Å². The molecule has 9 aromatic rings. The molecule has 0 aliphatic rings. The smallest absolute Gasteiger partial charge is 0.164 e. The Morgan fingerprint density at radius 3 is 1.85 bits per heavy atom. The van der Waals surface area contributed by atoms with Crippen LogP contribution in [0.25, 0.3) is 87.9 Å². The fourth-order valence-electron chi connectivity index (χ4n) is 6.05. The zero-order chi connectivity index (χ0) is 31.2. The molecule has 0 unspecified atom stereocenters. The van der Waals surface area contributed by atoms with Crippen LogP contribution >= 0.6 is 11.3 Å². The van der Waals surface area contributed by atoms with Crippen molar-refractivity contribution in [2.45, 2.75) is 0 Å². The lowest BCUT2D eigenvalue weighted by molar-refractivity contribution is 1.07. The van der Waals surface area contributed by atoms with Crippen LogP contribution in [0, 0.1) is 0 Å². The Morgan fingerprint density at radius 2 is 1.09 bits per heavy atom. The van der Waals surface area contributed by atoms with Gasteiger partial charge in [0.05, 0.1) is 11.2 Å². The maximum Gasteiger partial charge on any atom is 0.164 e. The molecule has 0 aliphatic carbocycles. The Balaban J connectivity index is 1.20. The minimum absolute atomic E-state index is 0.605. The highest BCUT2D eigenvalue weighted by Gasteiger charge is 2.17. The summed E-state index contributed by atoms with van der Waals surface area (Å²) in [6, 6.07) is 47.2. The Bertz CT molecular complexity index is 2520. The SMILES string of the molecule is c1ccc(-c2nc(-c3ccccc3)nc(-c3cccc(-c4cccc5ncnc(-c6ccc7c(n6)sc6ccccc67)c45)c3)n2)cc1. The number of aromatic nitrogens is 6. The first-order valence-corrected chi connectivity index (χ1v) is 16.1. The normalized spacial score (nSPS) is 11.4. The Kier molecular flexibility index (Phi) is 6.54.